The zero-order chi connectivity index (χ0) is 10.4. The molecule has 0 aliphatic carbocycles. The van der Waals surface area contributed by atoms with Crippen molar-refractivity contribution in [2.24, 2.45) is 0 Å². The molecule has 1 heterocycles. The van der Waals surface area contributed by atoms with E-state index in [1.807, 2.05) is 0 Å². The molecule has 0 unspecified atom stereocenters. The van der Waals surface area contributed by atoms with Gasteiger partial charge in [0.2, 0.25) is 5.69 Å². The molecule has 1 aromatic rings. The Bertz CT molecular complexity index is 299. The van der Waals surface area contributed by atoms with E-state index in [-0.39, 0.29) is 24.7 Å². The molecule has 6 heteroatoms. The highest BCUT2D eigenvalue weighted by Gasteiger charge is 2.18. The number of nitrogens with zero attached hydrogens (tertiary/aromatic N) is 1. The molecule has 5 nitrogen and oxygen atoms in total. The average molecular weight is 203 g/mol. The van der Waals surface area contributed by atoms with E-state index in [0.717, 1.165) is 6.26 Å². The standard InChI is InChI=1S/C8H10FNO4/c1-2-12-8(11)7-6(5-14-10-7)13-4-3-9/h5H,2-4H2,1H3. The zero-order valence-electron chi connectivity index (χ0n) is 7.66. The maximum Gasteiger partial charge on any atom is 0.364 e. The zero-order valence-corrected chi connectivity index (χ0v) is 7.66. The Balaban J connectivity index is 2.66. The molecule has 0 bridgehead atoms. The van der Waals surface area contributed by atoms with Crippen LogP contribution in [0.5, 0.6) is 5.75 Å². The van der Waals surface area contributed by atoms with Crippen molar-refractivity contribution in [3.05, 3.63) is 12.0 Å². The molecule has 0 radical (unpaired) electrons. The van der Waals surface area contributed by atoms with Gasteiger partial charge in [0.25, 0.3) is 0 Å². The molecular formula is C8H10FNO4. The van der Waals surface area contributed by atoms with Gasteiger partial charge in [0.15, 0.2) is 12.0 Å². The predicted molar refractivity (Wildman–Crippen MR) is 43.9 cm³/mol. The van der Waals surface area contributed by atoms with Crippen molar-refractivity contribution in [2.45, 2.75) is 6.92 Å². The third-order valence-electron chi connectivity index (χ3n) is 1.34. The Morgan fingerprint density at radius 3 is 3.14 bits per heavy atom. The Kier molecular flexibility index (Phi) is 3.90. The maximum atomic E-state index is 11.8. The van der Waals surface area contributed by atoms with Crippen molar-refractivity contribution in [1.29, 1.82) is 0 Å². The van der Waals surface area contributed by atoms with Crippen LogP contribution in [0.1, 0.15) is 17.4 Å². The first-order valence-corrected chi connectivity index (χ1v) is 4.09. The van der Waals surface area contributed by atoms with Crippen molar-refractivity contribution in [3.8, 4) is 5.75 Å². The van der Waals surface area contributed by atoms with E-state index in [9.17, 15) is 9.18 Å². The number of rotatable bonds is 5. The van der Waals surface area contributed by atoms with Gasteiger partial charge in [-0.05, 0) is 6.92 Å². The molecule has 1 aromatic heterocycles. The lowest BCUT2D eigenvalue weighted by molar-refractivity contribution is 0.0510. The summed E-state index contributed by atoms with van der Waals surface area (Å²) in [6.45, 7) is 1.11. The first kappa shape index (κ1) is 10.5. The van der Waals surface area contributed by atoms with Crippen LogP contribution >= 0.6 is 0 Å². The van der Waals surface area contributed by atoms with E-state index in [1.165, 1.54) is 0 Å². The van der Waals surface area contributed by atoms with E-state index in [1.54, 1.807) is 6.92 Å². The first-order chi connectivity index (χ1) is 6.79. The van der Waals surface area contributed by atoms with Gasteiger partial charge in [0.05, 0.1) is 6.61 Å². The number of alkyl halides is 1. The van der Waals surface area contributed by atoms with Crippen LogP contribution in [-0.2, 0) is 4.74 Å². The maximum absolute atomic E-state index is 11.8. The van der Waals surface area contributed by atoms with Gasteiger partial charge in [-0.1, -0.05) is 5.16 Å². The van der Waals surface area contributed by atoms with Crippen molar-refractivity contribution in [1.82, 2.24) is 5.16 Å². The summed E-state index contributed by atoms with van der Waals surface area (Å²) in [7, 11) is 0. The van der Waals surface area contributed by atoms with E-state index in [2.05, 4.69) is 14.4 Å². The minimum absolute atomic E-state index is 0.0692. The summed E-state index contributed by atoms with van der Waals surface area (Å²) < 4.78 is 25.8. The van der Waals surface area contributed by atoms with Crippen LogP contribution in [0.4, 0.5) is 4.39 Å². The number of carbonyl (C=O) groups excluding carboxylic acids is 1. The number of hydrogen-bond acceptors (Lipinski definition) is 5. The molecule has 0 saturated carbocycles. The third kappa shape index (κ3) is 2.45. The monoisotopic (exact) mass is 203 g/mol. The van der Waals surface area contributed by atoms with Gasteiger partial charge in [0.1, 0.15) is 13.3 Å². The second-order valence-electron chi connectivity index (χ2n) is 2.29. The Morgan fingerprint density at radius 2 is 2.50 bits per heavy atom. The van der Waals surface area contributed by atoms with Crippen LogP contribution in [0, 0.1) is 0 Å². The highest BCUT2D eigenvalue weighted by molar-refractivity contribution is 5.89. The topological polar surface area (TPSA) is 61.6 Å². The van der Waals surface area contributed by atoms with Gasteiger partial charge >= 0.3 is 5.97 Å². The number of halogens is 1. The van der Waals surface area contributed by atoms with Crippen molar-refractivity contribution < 1.29 is 23.2 Å². The van der Waals surface area contributed by atoms with Crippen molar-refractivity contribution in [2.75, 3.05) is 19.9 Å². The number of ether oxygens (including phenoxy) is 2. The quantitative estimate of drug-likeness (QED) is 0.673. The molecule has 0 spiro atoms. The van der Waals surface area contributed by atoms with E-state index >= 15 is 0 Å². The summed E-state index contributed by atoms with van der Waals surface area (Å²) in [4.78, 5) is 11.2. The van der Waals surface area contributed by atoms with Gasteiger partial charge in [-0.2, -0.15) is 0 Å². The highest BCUT2D eigenvalue weighted by atomic mass is 19.1. The van der Waals surface area contributed by atoms with Crippen molar-refractivity contribution >= 4 is 5.97 Å². The lowest BCUT2D eigenvalue weighted by Crippen LogP contribution is -2.08. The van der Waals surface area contributed by atoms with Gasteiger partial charge < -0.3 is 14.0 Å². The summed E-state index contributed by atoms with van der Waals surface area (Å²) in [6.07, 6.45) is 1.13. The molecule has 0 aliphatic rings. The van der Waals surface area contributed by atoms with Gasteiger partial charge in [-0.25, -0.2) is 9.18 Å². The van der Waals surface area contributed by atoms with Gasteiger partial charge in [0, 0.05) is 0 Å². The molecule has 0 aliphatic heterocycles. The van der Waals surface area contributed by atoms with Crippen LogP contribution < -0.4 is 4.74 Å². The van der Waals surface area contributed by atoms with E-state index in [0.29, 0.717) is 0 Å². The Labute approximate surface area is 79.8 Å². The first-order valence-electron chi connectivity index (χ1n) is 4.09. The van der Waals surface area contributed by atoms with Crippen LogP contribution in [0.15, 0.2) is 10.8 Å². The smallest absolute Gasteiger partial charge is 0.364 e. The SMILES string of the molecule is CCOC(=O)c1nocc1OCCF. The van der Waals surface area contributed by atoms with E-state index in [4.69, 9.17) is 4.74 Å². The molecule has 0 amide bonds. The molecule has 78 valence electrons. The molecule has 14 heavy (non-hydrogen) atoms. The number of esters is 1. The minimum atomic E-state index is -0.645. The second kappa shape index (κ2) is 5.21. The lowest BCUT2D eigenvalue weighted by Gasteiger charge is -2.01. The summed E-state index contributed by atoms with van der Waals surface area (Å²) in [5, 5.41) is 3.39. The number of hydrogen-bond donors (Lipinski definition) is 0. The molecule has 0 saturated heterocycles. The van der Waals surface area contributed by atoms with Crippen LogP contribution in [0.3, 0.4) is 0 Å². The number of aromatic nitrogens is 1. The fraction of sp³-hybridized carbons (Fsp3) is 0.500. The Hall–Kier alpha value is -1.59. The molecule has 1 rings (SSSR count). The summed E-state index contributed by atoms with van der Waals surface area (Å²) >= 11 is 0. The van der Waals surface area contributed by atoms with Crippen LogP contribution in [0.2, 0.25) is 0 Å². The van der Waals surface area contributed by atoms with Gasteiger partial charge in [-0.3, -0.25) is 0 Å². The predicted octanol–water partition coefficient (Wildman–Crippen LogP) is 1.20. The molecule has 0 fully saturated rings. The summed E-state index contributed by atoms with van der Waals surface area (Å²) in [5.74, 6) is -0.545. The average Bonchev–Trinajstić information content (AvgIpc) is 2.63. The fourth-order valence-corrected chi connectivity index (χ4v) is 0.816. The minimum Gasteiger partial charge on any atom is -0.485 e. The van der Waals surface area contributed by atoms with E-state index < -0.39 is 12.6 Å². The third-order valence-corrected chi connectivity index (χ3v) is 1.34. The molecule has 0 N–H and O–H groups in total. The van der Waals surface area contributed by atoms with Crippen LogP contribution in [0.25, 0.3) is 0 Å². The summed E-state index contributed by atoms with van der Waals surface area (Å²) in [6, 6.07) is 0. The Morgan fingerprint density at radius 1 is 1.71 bits per heavy atom. The van der Waals surface area contributed by atoms with Crippen molar-refractivity contribution in [3.63, 3.8) is 0 Å². The fourth-order valence-electron chi connectivity index (χ4n) is 0.816. The molecular weight excluding hydrogens is 193 g/mol. The van der Waals surface area contributed by atoms with Gasteiger partial charge in [-0.15, -0.1) is 0 Å². The number of carbonyl (C=O) groups is 1. The largest absolute Gasteiger partial charge is 0.485 e. The normalized spacial score (nSPS) is 9.86. The molecule has 0 atom stereocenters. The molecule has 0 aromatic carbocycles. The second-order valence-corrected chi connectivity index (χ2v) is 2.29. The summed E-state index contributed by atoms with van der Waals surface area (Å²) in [5.41, 5.74) is -0.0692. The van der Waals surface area contributed by atoms with Crippen LogP contribution in [-0.4, -0.2) is 31.0 Å². The lowest BCUT2D eigenvalue weighted by atomic mass is 10.4. The highest BCUT2D eigenvalue weighted by Crippen LogP contribution is 2.17.